The first-order chi connectivity index (χ1) is 20.5. The second-order valence-electron chi connectivity index (χ2n) is 10.1. The van der Waals surface area contributed by atoms with Crippen molar-refractivity contribution in [2.24, 2.45) is 0 Å². The van der Waals surface area contributed by atoms with Gasteiger partial charge in [-0.3, -0.25) is 14.0 Å². The summed E-state index contributed by atoms with van der Waals surface area (Å²) in [6.07, 6.45) is -2.75. The summed E-state index contributed by atoms with van der Waals surface area (Å²) >= 11 is 5.66. The van der Waals surface area contributed by atoms with Crippen LogP contribution in [0.15, 0.2) is 30.5 Å². The molecule has 0 unspecified atom stereocenters. The van der Waals surface area contributed by atoms with Crippen LogP contribution in [0, 0.1) is 11.8 Å². The number of alkyl halides is 4. The molecule has 1 aliphatic rings. The van der Waals surface area contributed by atoms with Crippen molar-refractivity contribution in [3.8, 4) is 17.6 Å². The van der Waals surface area contributed by atoms with E-state index in [2.05, 4.69) is 43.0 Å². The molecule has 2 amide bonds. The van der Waals surface area contributed by atoms with E-state index < -0.39 is 18.5 Å². The Morgan fingerprint density at radius 1 is 1.19 bits per heavy atom. The van der Waals surface area contributed by atoms with Crippen LogP contribution in [-0.2, 0) is 11.2 Å². The number of hydrogen-bond acceptors (Lipinski definition) is 7. The van der Waals surface area contributed by atoms with E-state index in [-0.39, 0.29) is 47.1 Å². The van der Waals surface area contributed by atoms with Gasteiger partial charge in [0.15, 0.2) is 5.65 Å². The highest BCUT2D eigenvalue weighted by Crippen LogP contribution is 2.30. The summed E-state index contributed by atoms with van der Waals surface area (Å²) in [5.41, 5.74) is 1.80. The van der Waals surface area contributed by atoms with Gasteiger partial charge in [0.1, 0.15) is 17.3 Å². The van der Waals surface area contributed by atoms with E-state index in [9.17, 15) is 22.8 Å². The van der Waals surface area contributed by atoms with Crippen LogP contribution in [0.25, 0.3) is 5.65 Å². The van der Waals surface area contributed by atoms with Gasteiger partial charge in [-0.1, -0.05) is 5.92 Å². The lowest BCUT2D eigenvalue weighted by Crippen LogP contribution is -2.36. The minimum Gasteiger partial charge on any atom is -0.495 e. The van der Waals surface area contributed by atoms with E-state index in [1.165, 1.54) is 24.8 Å². The summed E-state index contributed by atoms with van der Waals surface area (Å²) in [7, 11) is 5.01. The third kappa shape index (κ3) is 8.24. The molecule has 4 N–H and O–H groups in total. The Morgan fingerprint density at radius 3 is 2.58 bits per heavy atom. The van der Waals surface area contributed by atoms with Gasteiger partial charge in [0.25, 0.3) is 5.91 Å². The van der Waals surface area contributed by atoms with Crippen molar-refractivity contribution in [2.45, 2.75) is 31.5 Å². The van der Waals surface area contributed by atoms with Crippen molar-refractivity contribution in [1.82, 2.24) is 19.6 Å². The zero-order chi connectivity index (χ0) is 31.1. The molecule has 4 rings (SSSR count). The molecule has 0 saturated carbocycles. The first-order valence-corrected chi connectivity index (χ1v) is 14.1. The minimum absolute atomic E-state index is 0.0340. The molecule has 3 heterocycles. The molecule has 2 aromatic heterocycles. The van der Waals surface area contributed by atoms with Crippen molar-refractivity contribution in [2.75, 3.05) is 62.7 Å². The van der Waals surface area contributed by atoms with Gasteiger partial charge in [-0.05, 0) is 63.2 Å². The number of fused-ring (bicyclic) bond motifs is 1. The van der Waals surface area contributed by atoms with E-state index in [4.69, 9.17) is 16.3 Å². The minimum atomic E-state index is -4.54. The summed E-state index contributed by atoms with van der Waals surface area (Å²) in [5.74, 6) is 4.97. The van der Waals surface area contributed by atoms with Gasteiger partial charge < -0.3 is 30.9 Å². The SMILES string of the molecule is CNC(=O)c1ccc(NCC#Cc2nc3c(NC4CCN(C)CC4)cc(NC(=O)CCl)cn3c2CC(F)(F)F)c(OC)c1. The molecule has 230 valence electrons. The van der Waals surface area contributed by atoms with Gasteiger partial charge >= 0.3 is 6.18 Å². The lowest BCUT2D eigenvalue weighted by atomic mass is 10.1. The molecule has 0 aliphatic carbocycles. The van der Waals surface area contributed by atoms with Crippen LogP contribution in [0.1, 0.15) is 34.6 Å². The number of likely N-dealkylation sites (tertiary alicyclic amines) is 1. The highest BCUT2D eigenvalue weighted by molar-refractivity contribution is 6.29. The standard InChI is InChI=1S/C29H33ClF3N7O3/c1-34-28(42)18-6-7-22(25(13-18)43-3)35-10-4-5-21-24(15-29(31,32)33)40-17-20(37-26(41)16-30)14-23(27(40)38-21)36-19-8-11-39(2)12-9-19/h6-7,13-14,17,19,35-36H,8-12,15-16H2,1-3H3,(H,34,42)(H,37,41). The van der Waals surface area contributed by atoms with Crippen molar-refractivity contribution < 1.29 is 27.5 Å². The fourth-order valence-corrected chi connectivity index (χ4v) is 4.85. The topological polar surface area (TPSA) is 112 Å². The smallest absolute Gasteiger partial charge is 0.394 e. The predicted molar refractivity (Wildman–Crippen MR) is 160 cm³/mol. The molecule has 0 radical (unpaired) electrons. The zero-order valence-electron chi connectivity index (χ0n) is 24.0. The number of nitrogens with one attached hydrogen (secondary N) is 4. The van der Waals surface area contributed by atoms with E-state index in [1.54, 1.807) is 24.3 Å². The van der Waals surface area contributed by atoms with Gasteiger partial charge in [-0.25, -0.2) is 4.98 Å². The van der Waals surface area contributed by atoms with Crippen LogP contribution in [0.5, 0.6) is 5.75 Å². The summed E-state index contributed by atoms with van der Waals surface area (Å²) in [6.45, 7) is 1.80. The molecule has 1 aromatic carbocycles. The molecule has 0 atom stereocenters. The third-order valence-electron chi connectivity index (χ3n) is 6.93. The number of rotatable bonds is 9. The van der Waals surface area contributed by atoms with Gasteiger partial charge in [-0.2, -0.15) is 13.2 Å². The molecule has 1 fully saturated rings. The third-order valence-corrected chi connectivity index (χ3v) is 7.18. The highest BCUT2D eigenvalue weighted by Gasteiger charge is 2.32. The van der Waals surface area contributed by atoms with Crippen molar-refractivity contribution in [3.05, 3.63) is 47.4 Å². The van der Waals surface area contributed by atoms with Gasteiger partial charge in [0.05, 0.1) is 42.8 Å². The molecular formula is C29H33ClF3N7O3. The predicted octanol–water partition coefficient (Wildman–Crippen LogP) is 3.95. The lowest BCUT2D eigenvalue weighted by molar-refractivity contribution is -0.128. The van der Waals surface area contributed by atoms with Gasteiger partial charge in [0.2, 0.25) is 5.91 Å². The maximum atomic E-state index is 13.8. The number of nitrogens with zero attached hydrogens (tertiary/aromatic N) is 3. The molecule has 0 bridgehead atoms. The van der Waals surface area contributed by atoms with Gasteiger partial charge in [-0.15, -0.1) is 11.6 Å². The number of piperidine rings is 1. The molecule has 1 saturated heterocycles. The summed E-state index contributed by atoms with van der Waals surface area (Å²) in [5, 5.41) is 11.7. The number of carbonyl (C=O) groups is 2. The highest BCUT2D eigenvalue weighted by atomic mass is 35.5. The number of benzene rings is 1. The van der Waals surface area contributed by atoms with Crippen LogP contribution >= 0.6 is 11.6 Å². The number of amides is 2. The first-order valence-electron chi connectivity index (χ1n) is 13.6. The number of ether oxygens (including phenoxy) is 1. The average Bonchev–Trinajstić information content (AvgIpc) is 3.31. The van der Waals surface area contributed by atoms with E-state index in [0.29, 0.717) is 22.7 Å². The molecule has 14 heteroatoms. The molecule has 10 nitrogen and oxygen atoms in total. The summed E-state index contributed by atoms with van der Waals surface area (Å²) in [6, 6.07) is 6.56. The van der Waals surface area contributed by atoms with Crippen LogP contribution in [0.2, 0.25) is 0 Å². The summed E-state index contributed by atoms with van der Waals surface area (Å²) in [4.78, 5) is 30.7. The number of anilines is 3. The quantitative estimate of drug-likeness (QED) is 0.212. The second-order valence-corrected chi connectivity index (χ2v) is 10.4. The number of carbonyl (C=O) groups excluding carboxylic acids is 2. The monoisotopic (exact) mass is 619 g/mol. The molecule has 0 spiro atoms. The van der Waals surface area contributed by atoms with E-state index in [1.807, 2.05) is 7.05 Å². The Hall–Kier alpha value is -4.15. The maximum Gasteiger partial charge on any atom is 0.394 e. The Morgan fingerprint density at radius 2 is 1.93 bits per heavy atom. The normalized spacial score (nSPS) is 14.1. The van der Waals surface area contributed by atoms with Crippen LogP contribution in [0.4, 0.5) is 30.2 Å². The Bertz CT molecular complexity index is 1540. The Kier molecular flexibility index (Phi) is 10.3. The Balaban J connectivity index is 1.69. The number of pyridine rings is 1. The van der Waals surface area contributed by atoms with Crippen LogP contribution in [-0.4, -0.2) is 85.0 Å². The molecule has 43 heavy (non-hydrogen) atoms. The number of halogens is 4. The van der Waals surface area contributed by atoms with Gasteiger partial charge in [0, 0.05) is 24.8 Å². The maximum absolute atomic E-state index is 13.8. The number of imidazole rings is 1. The number of methoxy groups -OCH3 is 1. The molecular weight excluding hydrogens is 587 g/mol. The lowest BCUT2D eigenvalue weighted by Gasteiger charge is -2.30. The van der Waals surface area contributed by atoms with Crippen LogP contribution in [0.3, 0.4) is 0 Å². The number of hydrogen-bond donors (Lipinski definition) is 4. The van der Waals surface area contributed by atoms with Crippen molar-refractivity contribution >= 4 is 46.1 Å². The van der Waals surface area contributed by atoms with E-state index >= 15 is 0 Å². The van der Waals surface area contributed by atoms with Crippen molar-refractivity contribution in [3.63, 3.8) is 0 Å². The summed E-state index contributed by atoms with van der Waals surface area (Å²) < 4.78 is 48.0. The first kappa shape index (κ1) is 31.8. The van der Waals surface area contributed by atoms with Crippen molar-refractivity contribution in [1.29, 1.82) is 0 Å². The van der Waals surface area contributed by atoms with E-state index in [0.717, 1.165) is 25.9 Å². The zero-order valence-corrected chi connectivity index (χ0v) is 24.7. The molecule has 3 aromatic rings. The molecule has 1 aliphatic heterocycles. The fraction of sp³-hybridized carbons (Fsp3) is 0.414. The Labute approximate surface area is 252 Å². The van der Waals surface area contributed by atoms with Crippen LogP contribution < -0.4 is 26.0 Å². The number of aromatic nitrogens is 2. The second kappa shape index (κ2) is 13.9. The fourth-order valence-electron chi connectivity index (χ4n) is 4.78. The average molecular weight is 620 g/mol. The largest absolute Gasteiger partial charge is 0.495 e.